The second-order valence-electron chi connectivity index (χ2n) is 6.83. The van der Waals surface area contributed by atoms with Crippen molar-refractivity contribution in [2.24, 2.45) is 10.9 Å². The van der Waals surface area contributed by atoms with Gasteiger partial charge in [0, 0.05) is 46.3 Å². The highest BCUT2D eigenvalue weighted by Crippen LogP contribution is 2.18. The number of guanidine groups is 1. The first kappa shape index (κ1) is 24.2. The van der Waals surface area contributed by atoms with E-state index in [-0.39, 0.29) is 41.8 Å². The maximum Gasteiger partial charge on any atom is 0.310 e. The second kappa shape index (κ2) is 11.9. The van der Waals surface area contributed by atoms with Gasteiger partial charge < -0.3 is 19.9 Å². The van der Waals surface area contributed by atoms with Gasteiger partial charge in [0.1, 0.15) is 0 Å². The summed E-state index contributed by atoms with van der Waals surface area (Å²) in [7, 11) is 5.23. The van der Waals surface area contributed by atoms with Crippen LogP contribution in [0.25, 0.3) is 0 Å². The number of benzene rings is 1. The summed E-state index contributed by atoms with van der Waals surface area (Å²) < 4.78 is 5.16. The lowest BCUT2D eigenvalue weighted by atomic mass is 9.98. The number of nitrogens with zero attached hydrogens (tertiary/aromatic N) is 3. The number of hydrogen-bond acceptors (Lipinski definition) is 4. The number of hydrogen-bond donors (Lipinski definition) is 1. The largest absolute Gasteiger partial charge is 0.466 e. The third kappa shape index (κ3) is 6.65. The van der Waals surface area contributed by atoms with Gasteiger partial charge in [-0.15, -0.1) is 24.0 Å². The predicted octanol–water partition coefficient (Wildman–Crippen LogP) is 2.36. The molecular formula is C20H31IN4O3. The molecule has 28 heavy (non-hydrogen) atoms. The van der Waals surface area contributed by atoms with Crippen LogP contribution in [-0.4, -0.2) is 68.5 Å². The third-order valence-corrected chi connectivity index (χ3v) is 4.61. The fourth-order valence-corrected chi connectivity index (χ4v) is 3.16. The Morgan fingerprint density at radius 2 is 1.96 bits per heavy atom. The average Bonchev–Trinajstić information content (AvgIpc) is 2.68. The second-order valence-corrected chi connectivity index (χ2v) is 6.83. The molecule has 1 amide bonds. The summed E-state index contributed by atoms with van der Waals surface area (Å²) >= 11 is 0. The van der Waals surface area contributed by atoms with E-state index in [0.717, 1.165) is 30.9 Å². The number of likely N-dealkylation sites (tertiary alicyclic amines) is 1. The lowest BCUT2D eigenvalue weighted by Gasteiger charge is -2.34. The first-order valence-corrected chi connectivity index (χ1v) is 9.39. The van der Waals surface area contributed by atoms with E-state index in [1.54, 1.807) is 26.0 Å². The van der Waals surface area contributed by atoms with Crippen LogP contribution in [-0.2, 0) is 16.1 Å². The van der Waals surface area contributed by atoms with Crippen LogP contribution in [0.2, 0.25) is 0 Å². The van der Waals surface area contributed by atoms with Crippen LogP contribution < -0.4 is 5.32 Å². The fraction of sp³-hybridized carbons (Fsp3) is 0.550. The average molecular weight is 502 g/mol. The standard InChI is InChI=1S/C20H30N4O3.HI/c1-5-27-19(26)17-7-6-12-24(14-17)20(21-2)22-13-15-8-10-16(11-9-15)18(25)23(3)4;/h8-11,17H,5-7,12-14H2,1-4H3,(H,21,22);1H. The predicted molar refractivity (Wildman–Crippen MR) is 121 cm³/mol. The summed E-state index contributed by atoms with van der Waals surface area (Å²) in [5.74, 6) is 0.536. The number of ether oxygens (including phenoxy) is 1. The lowest BCUT2D eigenvalue weighted by molar-refractivity contribution is -0.149. The van der Waals surface area contributed by atoms with Gasteiger partial charge in [-0.3, -0.25) is 14.6 Å². The Labute approximate surface area is 184 Å². The van der Waals surface area contributed by atoms with E-state index in [9.17, 15) is 9.59 Å². The molecule has 8 heteroatoms. The zero-order valence-corrected chi connectivity index (χ0v) is 19.4. The monoisotopic (exact) mass is 502 g/mol. The summed E-state index contributed by atoms with van der Waals surface area (Å²) in [5, 5.41) is 3.35. The highest BCUT2D eigenvalue weighted by molar-refractivity contribution is 14.0. The Bertz CT molecular complexity index is 677. The molecule has 1 aromatic rings. The molecule has 7 nitrogen and oxygen atoms in total. The van der Waals surface area contributed by atoms with Crippen molar-refractivity contribution in [1.82, 2.24) is 15.1 Å². The molecule has 1 aromatic carbocycles. The minimum Gasteiger partial charge on any atom is -0.466 e. The van der Waals surface area contributed by atoms with Crippen LogP contribution in [0.5, 0.6) is 0 Å². The van der Waals surface area contributed by atoms with Crippen molar-refractivity contribution in [2.45, 2.75) is 26.3 Å². The molecule has 0 aromatic heterocycles. The number of carbonyl (C=O) groups excluding carboxylic acids is 2. The molecule has 0 bridgehead atoms. The Morgan fingerprint density at radius 3 is 2.54 bits per heavy atom. The highest BCUT2D eigenvalue weighted by atomic mass is 127. The molecule has 156 valence electrons. The molecule has 1 aliphatic rings. The van der Waals surface area contributed by atoms with Crippen molar-refractivity contribution >= 4 is 41.8 Å². The van der Waals surface area contributed by atoms with Crippen molar-refractivity contribution in [2.75, 3.05) is 40.8 Å². The molecule has 0 spiro atoms. The van der Waals surface area contributed by atoms with Crippen molar-refractivity contribution in [3.63, 3.8) is 0 Å². The van der Waals surface area contributed by atoms with Gasteiger partial charge >= 0.3 is 5.97 Å². The molecule has 1 fully saturated rings. The molecule has 1 saturated heterocycles. The van der Waals surface area contributed by atoms with Gasteiger partial charge in [-0.25, -0.2) is 0 Å². The van der Waals surface area contributed by atoms with E-state index in [1.807, 2.05) is 31.2 Å². The topological polar surface area (TPSA) is 74.2 Å². The van der Waals surface area contributed by atoms with Gasteiger partial charge in [0.25, 0.3) is 5.91 Å². The number of nitrogens with one attached hydrogen (secondary N) is 1. The Hall–Kier alpha value is -1.84. The smallest absolute Gasteiger partial charge is 0.310 e. The van der Waals surface area contributed by atoms with E-state index in [4.69, 9.17) is 4.74 Å². The zero-order valence-electron chi connectivity index (χ0n) is 17.1. The molecule has 0 saturated carbocycles. The Kier molecular flexibility index (Phi) is 10.3. The fourth-order valence-electron chi connectivity index (χ4n) is 3.16. The van der Waals surface area contributed by atoms with Crippen molar-refractivity contribution in [1.29, 1.82) is 0 Å². The lowest BCUT2D eigenvalue weighted by Crippen LogP contribution is -2.48. The number of piperidine rings is 1. The molecule has 1 aliphatic heterocycles. The molecule has 0 radical (unpaired) electrons. The van der Waals surface area contributed by atoms with E-state index in [0.29, 0.717) is 25.3 Å². The molecular weight excluding hydrogens is 471 g/mol. The molecule has 2 rings (SSSR count). The molecule has 1 atom stereocenters. The van der Waals surface area contributed by atoms with Gasteiger partial charge in [-0.05, 0) is 37.5 Å². The van der Waals surface area contributed by atoms with E-state index in [2.05, 4.69) is 15.2 Å². The highest BCUT2D eigenvalue weighted by Gasteiger charge is 2.28. The van der Waals surface area contributed by atoms with Gasteiger partial charge in [0.05, 0.1) is 12.5 Å². The van der Waals surface area contributed by atoms with Crippen LogP contribution in [0.4, 0.5) is 0 Å². The summed E-state index contributed by atoms with van der Waals surface area (Å²) in [4.78, 5) is 32.0. The first-order chi connectivity index (χ1) is 13.0. The maximum atomic E-state index is 12.0. The van der Waals surface area contributed by atoms with Gasteiger partial charge in [0.2, 0.25) is 0 Å². The van der Waals surface area contributed by atoms with E-state index >= 15 is 0 Å². The van der Waals surface area contributed by atoms with Gasteiger partial charge in [-0.1, -0.05) is 12.1 Å². The van der Waals surface area contributed by atoms with Crippen LogP contribution in [0.3, 0.4) is 0 Å². The van der Waals surface area contributed by atoms with E-state index in [1.165, 1.54) is 0 Å². The normalized spacial score (nSPS) is 16.8. The van der Waals surface area contributed by atoms with Crippen molar-refractivity contribution < 1.29 is 14.3 Å². The minimum absolute atomic E-state index is 0. The third-order valence-electron chi connectivity index (χ3n) is 4.61. The first-order valence-electron chi connectivity index (χ1n) is 9.39. The SMILES string of the molecule is CCOC(=O)C1CCCN(C(=NC)NCc2ccc(C(=O)N(C)C)cc2)C1.I. The van der Waals surface area contributed by atoms with E-state index < -0.39 is 0 Å². The number of rotatable bonds is 5. The molecule has 0 aliphatic carbocycles. The summed E-state index contributed by atoms with van der Waals surface area (Å²) in [6.45, 7) is 4.33. The molecule has 1 heterocycles. The van der Waals surface area contributed by atoms with Crippen molar-refractivity contribution in [3.05, 3.63) is 35.4 Å². The number of esters is 1. The summed E-state index contributed by atoms with van der Waals surface area (Å²) in [6, 6.07) is 7.54. The minimum atomic E-state index is -0.126. The number of halogens is 1. The van der Waals surface area contributed by atoms with Gasteiger partial charge in [0.15, 0.2) is 5.96 Å². The zero-order chi connectivity index (χ0) is 19.8. The number of carbonyl (C=O) groups is 2. The van der Waals surface area contributed by atoms with Crippen molar-refractivity contribution in [3.8, 4) is 0 Å². The maximum absolute atomic E-state index is 12.0. The Morgan fingerprint density at radius 1 is 1.29 bits per heavy atom. The van der Waals surface area contributed by atoms with Crippen LogP contribution >= 0.6 is 24.0 Å². The molecule has 1 unspecified atom stereocenters. The van der Waals surface area contributed by atoms with Crippen LogP contribution in [0.1, 0.15) is 35.7 Å². The Balaban J connectivity index is 0.00000392. The van der Waals surface area contributed by atoms with Crippen LogP contribution in [0, 0.1) is 5.92 Å². The summed E-state index contributed by atoms with van der Waals surface area (Å²) in [6.07, 6.45) is 1.79. The number of aliphatic imine (C=N–C) groups is 1. The quantitative estimate of drug-likeness (QED) is 0.290. The number of amides is 1. The van der Waals surface area contributed by atoms with Gasteiger partial charge in [-0.2, -0.15) is 0 Å². The summed E-state index contributed by atoms with van der Waals surface area (Å²) in [5.41, 5.74) is 1.73. The molecule has 1 N–H and O–H groups in total. The van der Waals surface area contributed by atoms with Crippen LogP contribution in [0.15, 0.2) is 29.3 Å².